The lowest BCUT2D eigenvalue weighted by molar-refractivity contribution is -0.120. The number of nitrogens with two attached hydrogens (primary N) is 1. The number of anilines is 2. The SMILES string of the molecule is CCCCN(C(=O)COc1nn(C)c2nc(C)cc(C)c12)c1c(N)n(CC(C)C)c(=O)[nH]c1=O. The molecule has 11 nitrogen and oxygen atoms in total. The Kier molecular flexibility index (Phi) is 7.43. The van der Waals surface area contributed by atoms with Crippen LogP contribution in [0.5, 0.6) is 5.88 Å². The monoisotopic (exact) mass is 471 g/mol. The first-order valence-electron chi connectivity index (χ1n) is 11.4. The van der Waals surface area contributed by atoms with Crippen molar-refractivity contribution in [2.24, 2.45) is 13.0 Å². The number of aromatic amines is 1. The van der Waals surface area contributed by atoms with Gasteiger partial charge in [0, 0.05) is 25.8 Å². The van der Waals surface area contributed by atoms with Crippen LogP contribution in [0.1, 0.15) is 44.9 Å². The molecule has 184 valence electrons. The second-order valence-electron chi connectivity index (χ2n) is 8.89. The van der Waals surface area contributed by atoms with Crippen molar-refractivity contribution in [3.63, 3.8) is 0 Å². The largest absolute Gasteiger partial charge is 0.466 e. The molecule has 0 aromatic carbocycles. The number of fused-ring (bicyclic) bond motifs is 1. The molecule has 11 heteroatoms. The first-order valence-corrected chi connectivity index (χ1v) is 11.4. The minimum absolute atomic E-state index is 0.0364. The van der Waals surface area contributed by atoms with Crippen molar-refractivity contribution in [3.8, 4) is 5.88 Å². The Bertz CT molecular complexity index is 1320. The summed E-state index contributed by atoms with van der Waals surface area (Å²) < 4.78 is 8.71. The number of aromatic nitrogens is 5. The van der Waals surface area contributed by atoms with Crippen molar-refractivity contribution in [3.05, 3.63) is 38.2 Å². The molecule has 3 heterocycles. The lowest BCUT2D eigenvalue weighted by Gasteiger charge is -2.24. The van der Waals surface area contributed by atoms with Crippen LogP contribution in [0, 0.1) is 19.8 Å². The van der Waals surface area contributed by atoms with E-state index in [0.29, 0.717) is 18.6 Å². The maximum Gasteiger partial charge on any atom is 0.330 e. The van der Waals surface area contributed by atoms with Gasteiger partial charge in [-0.2, -0.15) is 0 Å². The van der Waals surface area contributed by atoms with E-state index in [-0.39, 0.29) is 36.5 Å². The van der Waals surface area contributed by atoms with Gasteiger partial charge < -0.3 is 15.4 Å². The zero-order valence-electron chi connectivity index (χ0n) is 20.6. The molecule has 3 aromatic heterocycles. The number of hydrogen-bond acceptors (Lipinski definition) is 7. The summed E-state index contributed by atoms with van der Waals surface area (Å²) in [6, 6.07) is 1.92. The van der Waals surface area contributed by atoms with Gasteiger partial charge in [-0.15, -0.1) is 5.10 Å². The molecule has 3 aromatic rings. The number of nitrogens with one attached hydrogen (secondary N) is 1. The molecule has 0 unspecified atom stereocenters. The maximum atomic E-state index is 13.3. The van der Waals surface area contributed by atoms with Crippen molar-refractivity contribution < 1.29 is 9.53 Å². The molecule has 0 saturated carbocycles. The minimum Gasteiger partial charge on any atom is -0.466 e. The number of aryl methyl sites for hydroxylation is 3. The average molecular weight is 472 g/mol. The summed E-state index contributed by atoms with van der Waals surface area (Å²) in [5.74, 6) is -0.0969. The number of ether oxygens (including phenoxy) is 1. The summed E-state index contributed by atoms with van der Waals surface area (Å²) >= 11 is 0. The van der Waals surface area contributed by atoms with Gasteiger partial charge in [-0.1, -0.05) is 27.2 Å². The first kappa shape index (κ1) is 25.0. The number of amides is 1. The van der Waals surface area contributed by atoms with Crippen molar-refractivity contribution in [2.75, 3.05) is 23.8 Å². The van der Waals surface area contributed by atoms with E-state index in [1.54, 1.807) is 11.7 Å². The van der Waals surface area contributed by atoms with Gasteiger partial charge >= 0.3 is 5.69 Å². The van der Waals surface area contributed by atoms with Crippen molar-refractivity contribution >= 4 is 28.4 Å². The molecule has 0 radical (unpaired) electrons. The highest BCUT2D eigenvalue weighted by Crippen LogP contribution is 2.27. The predicted octanol–water partition coefficient (Wildman–Crippen LogP) is 1.89. The van der Waals surface area contributed by atoms with Gasteiger partial charge in [-0.05, 0) is 37.8 Å². The van der Waals surface area contributed by atoms with Crippen LogP contribution in [0.4, 0.5) is 11.5 Å². The van der Waals surface area contributed by atoms with E-state index >= 15 is 0 Å². The quantitative estimate of drug-likeness (QED) is 0.485. The molecule has 0 aliphatic carbocycles. The van der Waals surface area contributed by atoms with Crippen molar-refractivity contribution in [1.29, 1.82) is 0 Å². The van der Waals surface area contributed by atoms with E-state index in [0.717, 1.165) is 23.1 Å². The van der Waals surface area contributed by atoms with E-state index in [9.17, 15) is 14.4 Å². The van der Waals surface area contributed by atoms with Crippen LogP contribution in [0.3, 0.4) is 0 Å². The molecular weight excluding hydrogens is 438 g/mol. The summed E-state index contributed by atoms with van der Waals surface area (Å²) in [5, 5.41) is 5.10. The van der Waals surface area contributed by atoms with Crippen molar-refractivity contribution in [2.45, 2.75) is 54.0 Å². The van der Waals surface area contributed by atoms with Gasteiger partial charge in [0.05, 0.1) is 5.39 Å². The second kappa shape index (κ2) is 10.1. The summed E-state index contributed by atoms with van der Waals surface area (Å²) in [6.07, 6.45) is 1.44. The number of rotatable bonds is 9. The number of hydrogen-bond donors (Lipinski definition) is 2. The van der Waals surface area contributed by atoms with Gasteiger partial charge in [-0.25, -0.2) is 14.5 Å². The van der Waals surface area contributed by atoms with Crippen LogP contribution in [0.15, 0.2) is 15.7 Å². The number of H-pyrrole nitrogens is 1. The Morgan fingerprint density at radius 1 is 1.29 bits per heavy atom. The van der Waals surface area contributed by atoms with Crippen LogP contribution < -0.4 is 26.6 Å². The molecule has 0 spiro atoms. The highest BCUT2D eigenvalue weighted by atomic mass is 16.5. The molecule has 3 rings (SSSR count). The number of carbonyl (C=O) groups is 1. The maximum absolute atomic E-state index is 13.3. The van der Waals surface area contributed by atoms with E-state index in [2.05, 4.69) is 15.1 Å². The third kappa shape index (κ3) is 4.97. The molecule has 0 aliphatic heterocycles. The van der Waals surface area contributed by atoms with Gasteiger partial charge in [0.2, 0.25) is 5.88 Å². The van der Waals surface area contributed by atoms with E-state index in [1.165, 1.54) is 9.47 Å². The Balaban J connectivity index is 1.96. The van der Waals surface area contributed by atoms with Gasteiger partial charge in [-0.3, -0.25) is 19.1 Å². The van der Waals surface area contributed by atoms with Crippen LogP contribution >= 0.6 is 0 Å². The fourth-order valence-corrected chi connectivity index (χ4v) is 3.92. The van der Waals surface area contributed by atoms with Gasteiger partial charge in [0.25, 0.3) is 11.5 Å². The Morgan fingerprint density at radius 3 is 2.65 bits per heavy atom. The number of unbranched alkanes of at least 4 members (excludes halogenated alkanes) is 1. The zero-order chi connectivity index (χ0) is 25.2. The van der Waals surface area contributed by atoms with E-state index in [4.69, 9.17) is 10.5 Å². The van der Waals surface area contributed by atoms with E-state index in [1.807, 2.05) is 40.7 Å². The van der Waals surface area contributed by atoms with Crippen LogP contribution in [0.2, 0.25) is 0 Å². The molecule has 34 heavy (non-hydrogen) atoms. The minimum atomic E-state index is -0.703. The third-order valence-corrected chi connectivity index (χ3v) is 5.49. The average Bonchev–Trinajstić information content (AvgIpc) is 3.07. The highest BCUT2D eigenvalue weighted by Gasteiger charge is 2.25. The fraction of sp³-hybridized carbons (Fsp3) is 0.522. The molecule has 3 N–H and O–H groups in total. The number of nitrogen functional groups attached to an aromatic ring is 1. The van der Waals surface area contributed by atoms with Gasteiger partial charge in [0.1, 0.15) is 5.82 Å². The molecular formula is C23H33N7O4. The third-order valence-electron chi connectivity index (χ3n) is 5.49. The summed E-state index contributed by atoms with van der Waals surface area (Å²) in [6.45, 7) is 9.88. The number of carbonyl (C=O) groups excluding carboxylic acids is 1. The Morgan fingerprint density at radius 2 is 2.00 bits per heavy atom. The number of nitrogens with zero attached hydrogens (tertiary/aromatic N) is 5. The van der Waals surface area contributed by atoms with Crippen LogP contribution in [-0.2, 0) is 18.4 Å². The lowest BCUT2D eigenvalue weighted by atomic mass is 10.2. The second-order valence-corrected chi connectivity index (χ2v) is 8.89. The smallest absolute Gasteiger partial charge is 0.330 e. The topological polar surface area (TPSA) is 141 Å². The molecule has 0 aliphatic rings. The predicted molar refractivity (Wildman–Crippen MR) is 131 cm³/mol. The first-order chi connectivity index (χ1) is 16.0. The molecule has 0 bridgehead atoms. The lowest BCUT2D eigenvalue weighted by Crippen LogP contribution is -2.43. The Hall–Kier alpha value is -3.63. The molecule has 0 saturated heterocycles. The molecule has 0 fully saturated rings. The van der Waals surface area contributed by atoms with Gasteiger partial charge in [0.15, 0.2) is 17.9 Å². The standard InChI is InChI=1S/C23H33N7O4/c1-7-8-9-29(18-19(24)30(11-13(2)3)23(33)26-21(18)32)16(31)12-34-22-17-14(4)10-15(5)25-20(17)28(6)27-22/h10,13H,7-9,11-12,24H2,1-6H3,(H,26,32,33). The molecule has 0 atom stereocenters. The summed E-state index contributed by atoms with van der Waals surface area (Å²) in [4.78, 5) is 46.4. The van der Waals surface area contributed by atoms with E-state index < -0.39 is 17.2 Å². The summed E-state index contributed by atoms with van der Waals surface area (Å²) in [7, 11) is 1.76. The fourth-order valence-electron chi connectivity index (χ4n) is 3.92. The van der Waals surface area contributed by atoms with Crippen LogP contribution in [-0.4, -0.2) is 43.4 Å². The molecule has 1 amide bonds. The Labute approximate surface area is 197 Å². The van der Waals surface area contributed by atoms with Crippen molar-refractivity contribution in [1.82, 2.24) is 24.3 Å². The van der Waals surface area contributed by atoms with Crippen LogP contribution in [0.25, 0.3) is 11.0 Å². The highest BCUT2D eigenvalue weighted by molar-refractivity contribution is 5.96. The zero-order valence-corrected chi connectivity index (χ0v) is 20.6. The summed E-state index contributed by atoms with van der Waals surface area (Å²) in [5.41, 5.74) is 7.35. The normalized spacial score (nSPS) is 11.4. The number of pyridine rings is 1.